The molecule has 4 N–H and O–H groups in total. The van der Waals surface area contributed by atoms with Gasteiger partial charge in [0.25, 0.3) is 0 Å². The van der Waals surface area contributed by atoms with Gasteiger partial charge in [0, 0.05) is 33.4 Å². The SMILES string of the molecule is COc1cccc2[nH]c(C(=O)c3ccc(N)c(C(C)=N)c3)cc12. The van der Waals surface area contributed by atoms with Gasteiger partial charge in [-0.15, -0.1) is 0 Å². The minimum absolute atomic E-state index is 0.147. The molecule has 0 aliphatic heterocycles. The van der Waals surface area contributed by atoms with Crippen LogP contribution >= 0.6 is 0 Å². The number of rotatable bonds is 4. The number of hydrogen-bond acceptors (Lipinski definition) is 4. The first kappa shape index (κ1) is 14.8. The van der Waals surface area contributed by atoms with Crippen LogP contribution in [0.1, 0.15) is 28.5 Å². The molecule has 0 saturated carbocycles. The van der Waals surface area contributed by atoms with Gasteiger partial charge in [-0.05, 0) is 43.3 Å². The van der Waals surface area contributed by atoms with E-state index in [1.54, 1.807) is 38.3 Å². The van der Waals surface area contributed by atoms with E-state index in [-0.39, 0.29) is 5.78 Å². The third-order valence-electron chi connectivity index (χ3n) is 3.81. The number of carbonyl (C=O) groups is 1. The van der Waals surface area contributed by atoms with E-state index in [4.69, 9.17) is 15.9 Å². The Kier molecular flexibility index (Phi) is 3.62. The highest BCUT2D eigenvalue weighted by Crippen LogP contribution is 2.27. The van der Waals surface area contributed by atoms with Gasteiger partial charge >= 0.3 is 0 Å². The fourth-order valence-electron chi connectivity index (χ4n) is 2.61. The maximum atomic E-state index is 12.7. The molecule has 5 nitrogen and oxygen atoms in total. The average molecular weight is 307 g/mol. The molecule has 0 bridgehead atoms. The van der Waals surface area contributed by atoms with Crippen molar-refractivity contribution in [1.29, 1.82) is 5.41 Å². The number of nitrogen functional groups attached to an aromatic ring is 1. The summed E-state index contributed by atoms with van der Waals surface area (Å²) < 4.78 is 5.32. The molecule has 0 aliphatic carbocycles. The van der Waals surface area contributed by atoms with Gasteiger partial charge in [-0.1, -0.05) is 6.07 Å². The van der Waals surface area contributed by atoms with E-state index in [1.165, 1.54) is 0 Å². The maximum absolute atomic E-state index is 12.7. The van der Waals surface area contributed by atoms with E-state index >= 15 is 0 Å². The molecule has 0 atom stereocenters. The summed E-state index contributed by atoms with van der Waals surface area (Å²) in [4.78, 5) is 15.8. The summed E-state index contributed by atoms with van der Waals surface area (Å²) in [7, 11) is 1.60. The highest BCUT2D eigenvalue weighted by Gasteiger charge is 2.15. The molecule has 1 aromatic heterocycles. The van der Waals surface area contributed by atoms with E-state index in [0.29, 0.717) is 34.0 Å². The number of ether oxygens (including phenoxy) is 1. The molecule has 2 aromatic carbocycles. The summed E-state index contributed by atoms with van der Waals surface area (Å²) in [5.41, 5.74) is 9.05. The molecule has 0 amide bonds. The number of nitrogens with two attached hydrogens (primary N) is 1. The van der Waals surface area contributed by atoms with E-state index < -0.39 is 0 Å². The number of aromatic amines is 1. The van der Waals surface area contributed by atoms with Crippen molar-refractivity contribution >= 4 is 28.1 Å². The van der Waals surface area contributed by atoms with E-state index in [0.717, 1.165) is 10.9 Å². The Morgan fingerprint density at radius 1 is 1.22 bits per heavy atom. The van der Waals surface area contributed by atoms with E-state index in [1.807, 2.05) is 18.2 Å². The normalized spacial score (nSPS) is 10.7. The van der Waals surface area contributed by atoms with Gasteiger partial charge in [0.15, 0.2) is 0 Å². The summed E-state index contributed by atoms with van der Waals surface area (Å²) in [5, 5.41) is 8.60. The van der Waals surface area contributed by atoms with Gasteiger partial charge in [-0.2, -0.15) is 0 Å². The molecular formula is C18H17N3O2. The molecule has 3 aromatic rings. The Morgan fingerprint density at radius 3 is 2.70 bits per heavy atom. The van der Waals surface area contributed by atoms with Crippen molar-refractivity contribution in [3.63, 3.8) is 0 Å². The smallest absolute Gasteiger partial charge is 0.209 e. The Morgan fingerprint density at radius 2 is 2.00 bits per heavy atom. The fourth-order valence-corrected chi connectivity index (χ4v) is 2.61. The van der Waals surface area contributed by atoms with Crippen molar-refractivity contribution in [2.24, 2.45) is 0 Å². The molecule has 0 unspecified atom stereocenters. The summed E-state index contributed by atoms with van der Waals surface area (Å²) in [6.07, 6.45) is 0. The third-order valence-corrected chi connectivity index (χ3v) is 3.81. The fraction of sp³-hybridized carbons (Fsp3) is 0.111. The third kappa shape index (κ3) is 2.57. The number of ketones is 1. The molecule has 23 heavy (non-hydrogen) atoms. The lowest BCUT2D eigenvalue weighted by atomic mass is 10.0. The van der Waals surface area contributed by atoms with Gasteiger partial charge in [-0.25, -0.2) is 0 Å². The number of anilines is 1. The Hall–Kier alpha value is -3.08. The van der Waals surface area contributed by atoms with Crippen LogP contribution in [0.2, 0.25) is 0 Å². The second kappa shape index (κ2) is 5.61. The molecular weight excluding hydrogens is 290 g/mol. The molecule has 3 rings (SSSR count). The second-order valence-corrected chi connectivity index (χ2v) is 5.36. The number of aromatic nitrogens is 1. The van der Waals surface area contributed by atoms with Gasteiger partial charge < -0.3 is 20.9 Å². The van der Waals surface area contributed by atoms with Crippen molar-refractivity contribution < 1.29 is 9.53 Å². The van der Waals surface area contributed by atoms with Crippen LogP contribution in [-0.2, 0) is 0 Å². The number of benzene rings is 2. The average Bonchev–Trinajstić information content (AvgIpc) is 2.98. The summed E-state index contributed by atoms with van der Waals surface area (Å²) in [5.74, 6) is 0.567. The predicted molar refractivity (Wildman–Crippen MR) is 91.6 cm³/mol. The Labute approximate surface area is 133 Å². The number of H-pyrrole nitrogens is 1. The second-order valence-electron chi connectivity index (χ2n) is 5.36. The lowest BCUT2D eigenvalue weighted by molar-refractivity contribution is 0.103. The molecule has 116 valence electrons. The van der Waals surface area contributed by atoms with E-state index in [2.05, 4.69) is 4.98 Å². The molecule has 0 spiro atoms. The highest BCUT2D eigenvalue weighted by molar-refractivity contribution is 6.12. The van der Waals surface area contributed by atoms with Crippen LogP contribution < -0.4 is 10.5 Å². The lowest BCUT2D eigenvalue weighted by Gasteiger charge is -2.06. The standard InChI is InChI=1S/C18H17N3O2/c1-10(19)12-8-11(6-7-14(12)20)18(22)16-9-13-15(21-16)4-3-5-17(13)23-2/h3-9,19,21H,20H2,1-2H3. The first-order chi connectivity index (χ1) is 11.0. The molecule has 5 heteroatoms. The number of methoxy groups -OCH3 is 1. The number of nitrogens with one attached hydrogen (secondary N) is 2. The van der Waals surface area contributed by atoms with Crippen molar-refractivity contribution in [1.82, 2.24) is 4.98 Å². The van der Waals surface area contributed by atoms with Crippen molar-refractivity contribution in [2.45, 2.75) is 6.92 Å². The zero-order valence-electron chi connectivity index (χ0n) is 12.9. The van der Waals surface area contributed by atoms with Gasteiger partial charge in [0.2, 0.25) is 5.78 Å². The minimum atomic E-state index is -0.147. The van der Waals surface area contributed by atoms with Crippen LogP contribution in [0.25, 0.3) is 10.9 Å². The number of carbonyl (C=O) groups excluding carboxylic acids is 1. The molecule has 0 radical (unpaired) electrons. The number of hydrogen-bond donors (Lipinski definition) is 3. The van der Waals surface area contributed by atoms with Crippen LogP contribution in [0, 0.1) is 5.41 Å². The highest BCUT2D eigenvalue weighted by atomic mass is 16.5. The lowest BCUT2D eigenvalue weighted by Crippen LogP contribution is -2.06. The molecule has 0 aliphatic rings. The van der Waals surface area contributed by atoms with Crippen molar-refractivity contribution in [3.05, 3.63) is 59.3 Å². The summed E-state index contributed by atoms with van der Waals surface area (Å²) in [6.45, 7) is 1.65. The molecule has 0 saturated heterocycles. The first-order valence-electron chi connectivity index (χ1n) is 7.16. The largest absolute Gasteiger partial charge is 0.496 e. The summed E-state index contributed by atoms with van der Waals surface area (Å²) >= 11 is 0. The zero-order chi connectivity index (χ0) is 16.6. The Bertz CT molecular complexity index is 925. The zero-order valence-corrected chi connectivity index (χ0v) is 12.9. The first-order valence-corrected chi connectivity index (χ1v) is 7.16. The Balaban J connectivity index is 2.07. The van der Waals surface area contributed by atoms with Crippen molar-refractivity contribution in [2.75, 3.05) is 12.8 Å². The predicted octanol–water partition coefficient (Wildman–Crippen LogP) is 3.38. The minimum Gasteiger partial charge on any atom is -0.496 e. The van der Waals surface area contributed by atoms with Crippen LogP contribution in [0.4, 0.5) is 5.69 Å². The maximum Gasteiger partial charge on any atom is 0.209 e. The van der Waals surface area contributed by atoms with Gasteiger partial charge in [0.1, 0.15) is 5.75 Å². The van der Waals surface area contributed by atoms with Crippen LogP contribution in [0.15, 0.2) is 42.5 Å². The molecule has 1 heterocycles. The summed E-state index contributed by atoms with van der Waals surface area (Å²) in [6, 6.07) is 12.4. The van der Waals surface area contributed by atoms with E-state index in [9.17, 15) is 4.79 Å². The quantitative estimate of drug-likeness (QED) is 0.392. The van der Waals surface area contributed by atoms with Crippen molar-refractivity contribution in [3.8, 4) is 5.75 Å². The topological polar surface area (TPSA) is 92.0 Å². The van der Waals surface area contributed by atoms with Crippen LogP contribution in [0.3, 0.4) is 0 Å². The molecule has 0 fully saturated rings. The van der Waals surface area contributed by atoms with Gasteiger partial charge in [-0.3, -0.25) is 4.79 Å². The monoisotopic (exact) mass is 307 g/mol. The van der Waals surface area contributed by atoms with Crippen LogP contribution in [-0.4, -0.2) is 23.6 Å². The number of fused-ring (bicyclic) bond motifs is 1. The van der Waals surface area contributed by atoms with Gasteiger partial charge in [0.05, 0.1) is 12.8 Å². The van der Waals surface area contributed by atoms with Crippen LogP contribution in [0.5, 0.6) is 5.75 Å².